The Kier molecular flexibility index (Phi) is 1.20. The van der Waals surface area contributed by atoms with Crippen molar-refractivity contribution in [2.45, 2.75) is 0 Å². The summed E-state index contributed by atoms with van der Waals surface area (Å²) in [4.78, 5) is 3.88. The first-order valence-electron chi connectivity index (χ1n) is 2.36. The van der Waals surface area contributed by atoms with Crippen molar-refractivity contribution in [1.29, 1.82) is 0 Å². The van der Waals surface area contributed by atoms with Gasteiger partial charge < -0.3 is 9.30 Å². The molecule has 0 aliphatic rings. The molecule has 0 radical (unpaired) electrons. The fraction of sp³-hybridized carbons (Fsp3) is 0.400. The molecule has 3 nitrogen and oxygen atoms in total. The van der Waals surface area contributed by atoms with Crippen LogP contribution in [0.1, 0.15) is 0 Å². The first kappa shape index (κ1) is 5.15. The van der Waals surface area contributed by atoms with Crippen molar-refractivity contribution in [3.8, 4) is 6.01 Å². The van der Waals surface area contributed by atoms with Gasteiger partial charge in [-0.2, -0.15) is 0 Å². The van der Waals surface area contributed by atoms with Crippen LogP contribution in [0.3, 0.4) is 0 Å². The number of aromatic nitrogens is 2. The van der Waals surface area contributed by atoms with Crippen LogP contribution in [0.15, 0.2) is 12.4 Å². The third kappa shape index (κ3) is 0.665. The van der Waals surface area contributed by atoms with Crippen LogP contribution >= 0.6 is 0 Å². The van der Waals surface area contributed by atoms with Crippen LogP contribution in [-0.2, 0) is 7.05 Å². The number of aryl methyl sites for hydroxylation is 1. The minimum absolute atomic E-state index is 0.644. The summed E-state index contributed by atoms with van der Waals surface area (Å²) in [6.45, 7) is 0. The van der Waals surface area contributed by atoms with Crippen LogP contribution in [0.2, 0.25) is 0 Å². The molecule has 0 aromatic carbocycles. The molecule has 1 aromatic heterocycles. The molecular weight excluding hydrogens is 104 g/mol. The lowest BCUT2D eigenvalue weighted by molar-refractivity contribution is 0.366. The summed E-state index contributed by atoms with van der Waals surface area (Å²) in [5, 5.41) is 0. The van der Waals surface area contributed by atoms with Crippen LogP contribution in [-0.4, -0.2) is 16.7 Å². The standard InChI is InChI=1S/C5H8N2O/c1-7-4-3-6-5(7)8-2/h3-4H,1-2H3. The molecule has 44 valence electrons. The van der Waals surface area contributed by atoms with Gasteiger partial charge in [0.25, 0.3) is 6.01 Å². The van der Waals surface area contributed by atoms with E-state index in [1.165, 1.54) is 0 Å². The molecule has 8 heavy (non-hydrogen) atoms. The van der Waals surface area contributed by atoms with Gasteiger partial charge >= 0.3 is 0 Å². The Labute approximate surface area is 47.9 Å². The van der Waals surface area contributed by atoms with Crippen molar-refractivity contribution >= 4 is 0 Å². The zero-order chi connectivity index (χ0) is 5.98. The molecule has 3 heteroatoms. The van der Waals surface area contributed by atoms with E-state index in [1.807, 2.05) is 13.2 Å². The van der Waals surface area contributed by atoms with E-state index in [0.717, 1.165) is 0 Å². The lowest BCUT2D eigenvalue weighted by atomic mass is 10.9. The van der Waals surface area contributed by atoms with E-state index in [0.29, 0.717) is 6.01 Å². The Morgan fingerprint density at radius 2 is 2.50 bits per heavy atom. The highest BCUT2D eigenvalue weighted by atomic mass is 16.5. The van der Waals surface area contributed by atoms with E-state index in [1.54, 1.807) is 17.9 Å². The third-order valence-corrected chi connectivity index (χ3v) is 0.960. The number of hydrogen-bond acceptors (Lipinski definition) is 2. The van der Waals surface area contributed by atoms with Crippen molar-refractivity contribution in [2.24, 2.45) is 7.05 Å². The van der Waals surface area contributed by atoms with Gasteiger partial charge in [-0.15, -0.1) is 0 Å². The second-order valence-electron chi connectivity index (χ2n) is 1.52. The van der Waals surface area contributed by atoms with Crippen LogP contribution in [0.5, 0.6) is 6.01 Å². The van der Waals surface area contributed by atoms with Crippen LogP contribution < -0.4 is 4.74 Å². The van der Waals surface area contributed by atoms with Crippen molar-refractivity contribution in [3.63, 3.8) is 0 Å². The topological polar surface area (TPSA) is 27.1 Å². The van der Waals surface area contributed by atoms with Gasteiger partial charge in [-0.1, -0.05) is 0 Å². The number of rotatable bonds is 1. The molecule has 1 rings (SSSR count). The summed E-state index contributed by atoms with van der Waals surface area (Å²) in [5.74, 6) is 0. The van der Waals surface area contributed by atoms with E-state index in [9.17, 15) is 0 Å². The van der Waals surface area contributed by atoms with Gasteiger partial charge in [0.1, 0.15) is 0 Å². The number of imidazole rings is 1. The average molecular weight is 112 g/mol. The highest BCUT2D eigenvalue weighted by molar-refractivity contribution is 4.95. The second kappa shape index (κ2) is 1.86. The van der Waals surface area contributed by atoms with E-state index in [2.05, 4.69) is 4.98 Å². The quantitative estimate of drug-likeness (QED) is 0.526. The average Bonchev–Trinajstić information content (AvgIpc) is 2.14. The highest BCUT2D eigenvalue weighted by Crippen LogP contribution is 2.00. The summed E-state index contributed by atoms with van der Waals surface area (Å²) in [6, 6.07) is 0.644. The Balaban J connectivity index is 2.92. The van der Waals surface area contributed by atoms with Crippen LogP contribution in [0, 0.1) is 0 Å². The molecule has 0 aliphatic carbocycles. The Hall–Kier alpha value is -0.990. The fourth-order valence-corrected chi connectivity index (χ4v) is 0.549. The number of methoxy groups -OCH3 is 1. The minimum Gasteiger partial charge on any atom is -0.468 e. The molecule has 0 fully saturated rings. The zero-order valence-electron chi connectivity index (χ0n) is 4.96. The molecule has 0 unspecified atom stereocenters. The summed E-state index contributed by atoms with van der Waals surface area (Å²) in [7, 11) is 3.48. The van der Waals surface area contributed by atoms with E-state index in [4.69, 9.17) is 4.74 Å². The maximum Gasteiger partial charge on any atom is 0.295 e. The van der Waals surface area contributed by atoms with E-state index >= 15 is 0 Å². The van der Waals surface area contributed by atoms with E-state index in [-0.39, 0.29) is 0 Å². The maximum absolute atomic E-state index is 4.84. The Morgan fingerprint density at radius 1 is 1.75 bits per heavy atom. The number of hydrogen-bond donors (Lipinski definition) is 0. The first-order chi connectivity index (χ1) is 3.84. The van der Waals surface area contributed by atoms with Gasteiger partial charge in [-0.25, -0.2) is 4.98 Å². The minimum atomic E-state index is 0.644. The van der Waals surface area contributed by atoms with Crippen molar-refractivity contribution < 1.29 is 4.74 Å². The number of ether oxygens (including phenoxy) is 1. The van der Waals surface area contributed by atoms with E-state index < -0.39 is 0 Å². The molecule has 0 aliphatic heterocycles. The largest absolute Gasteiger partial charge is 0.468 e. The molecule has 0 spiro atoms. The van der Waals surface area contributed by atoms with Gasteiger partial charge in [-0.3, -0.25) is 0 Å². The van der Waals surface area contributed by atoms with Crippen molar-refractivity contribution in [1.82, 2.24) is 9.55 Å². The maximum atomic E-state index is 4.84. The molecule has 1 aromatic rings. The van der Waals surface area contributed by atoms with Gasteiger partial charge in [0.05, 0.1) is 7.11 Å². The normalized spacial score (nSPS) is 9.25. The molecule has 0 bridgehead atoms. The Morgan fingerprint density at radius 3 is 2.75 bits per heavy atom. The predicted octanol–water partition coefficient (Wildman–Crippen LogP) is 0.429. The lowest BCUT2D eigenvalue weighted by Gasteiger charge is -1.94. The number of nitrogens with zero attached hydrogens (tertiary/aromatic N) is 2. The molecule has 1 heterocycles. The SMILES string of the molecule is COc1nccn1C. The third-order valence-electron chi connectivity index (χ3n) is 0.960. The van der Waals surface area contributed by atoms with Crippen LogP contribution in [0.25, 0.3) is 0 Å². The molecule has 0 amide bonds. The van der Waals surface area contributed by atoms with Gasteiger partial charge in [0.2, 0.25) is 0 Å². The predicted molar refractivity (Wildman–Crippen MR) is 29.8 cm³/mol. The molecule has 0 saturated carbocycles. The van der Waals surface area contributed by atoms with Gasteiger partial charge in [-0.05, 0) is 0 Å². The molecule has 0 N–H and O–H groups in total. The second-order valence-corrected chi connectivity index (χ2v) is 1.52. The van der Waals surface area contributed by atoms with Gasteiger partial charge in [0, 0.05) is 19.4 Å². The first-order valence-corrected chi connectivity index (χ1v) is 2.36. The summed E-state index contributed by atoms with van der Waals surface area (Å²) >= 11 is 0. The monoisotopic (exact) mass is 112 g/mol. The smallest absolute Gasteiger partial charge is 0.295 e. The zero-order valence-corrected chi connectivity index (χ0v) is 4.96. The van der Waals surface area contributed by atoms with Crippen LogP contribution in [0.4, 0.5) is 0 Å². The summed E-state index contributed by atoms with van der Waals surface area (Å²) < 4.78 is 6.64. The van der Waals surface area contributed by atoms with Crippen molar-refractivity contribution in [2.75, 3.05) is 7.11 Å². The molecule has 0 saturated heterocycles. The van der Waals surface area contributed by atoms with Gasteiger partial charge in [0.15, 0.2) is 0 Å². The van der Waals surface area contributed by atoms with Crippen molar-refractivity contribution in [3.05, 3.63) is 12.4 Å². The lowest BCUT2D eigenvalue weighted by Crippen LogP contribution is -1.92. The highest BCUT2D eigenvalue weighted by Gasteiger charge is 1.92. The fourth-order valence-electron chi connectivity index (χ4n) is 0.549. The summed E-state index contributed by atoms with van der Waals surface area (Å²) in [6.07, 6.45) is 3.53. The molecular formula is C5H8N2O. The Bertz CT molecular complexity index is 171. The molecule has 0 atom stereocenters. The summed E-state index contributed by atoms with van der Waals surface area (Å²) in [5.41, 5.74) is 0.